The number of anilines is 1. The number of nitrogens with zero attached hydrogens (tertiary/aromatic N) is 2. The van der Waals surface area contributed by atoms with Crippen molar-refractivity contribution in [2.45, 2.75) is 0 Å². The van der Waals surface area contributed by atoms with Gasteiger partial charge in [-0.1, -0.05) is 17.3 Å². The van der Waals surface area contributed by atoms with E-state index in [0.29, 0.717) is 11.3 Å². The van der Waals surface area contributed by atoms with E-state index in [9.17, 15) is 0 Å². The molecule has 0 saturated heterocycles. The second-order valence-corrected chi connectivity index (χ2v) is 2.80. The van der Waals surface area contributed by atoms with Crippen molar-refractivity contribution in [3.8, 4) is 17.3 Å². The Bertz CT molecular complexity index is 479. The number of hydrogen-bond donors (Lipinski definition) is 1. The zero-order valence-corrected chi connectivity index (χ0v) is 7.27. The number of nitrogen functional groups attached to an aromatic ring is 1. The summed E-state index contributed by atoms with van der Waals surface area (Å²) in [6, 6.07) is 10.7. The van der Waals surface area contributed by atoms with Crippen molar-refractivity contribution >= 4 is 5.88 Å². The predicted molar refractivity (Wildman–Crippen MR) is 51.1 cm³/mol. The molecule has 14 heavy (non-hydrogen) atoms. The number of aromatic nitrogens is 1. The van der Waals surface area contributed by atoms with Crippen LogP contribution in [0.15, 0.2) is 34.9 Å². The van der Waals surface area contributed by atoms with Crippen molar-refractivity contribution in [2.75, 3.05) is 5.73 Å². The molecule has 2 aromatic rings. The lowest BCUT2D eigenvalue weighted by Crippen LogP contribution is -1.78. The third-order valence-electron chi connectivity index (χ3n) is 1.84. The molecule has 0 aliphatic rings. The maximum absolute atomic E-state index is 8.60. The van der Waals surface area contributed by atoms with E-state index >= 15 is 0 Å². The monoisotopic (exact) mass is 185 g/mol. The summed E-state index contributed by atoms with van der Waals surface area (Å²) < 4.78 is 4.74. The van der Waals surface area contributed by atoms with E-state index in [4.69, 9.17) is 15.5 Å². The minimum atomic E-state index is 0.282. The summed E-state index contributed by atoms with van der Waals surface area (Å²) in [6.45, 7) is 0. The van der Waals surface area contributed by atoms with E-state index in [1.54, 1.807) is 30.3 Å². The largest absolute Gasteiger partial charge is 0.368 e. The van der Waals surface area contributed by atoms with Crippen LogP contribution in [0.4, 0.5) is 5.88 Å². The first kappa shape index (κ1) is 8.32. The SMILES string of the molecule is N#Cc1ccc(-c2cc(N)on2)cc1. The molecule has 1 heterocycles. The highest BCUT2D eigenvalue weighted by Crippen LogP contribution is 2.20. The van der Waals surface area contributed by atoms with Crippen molar-refractivity contribution < 1.29 is 4.52 Å². The Morgan fingerprint density at radius 2 is 2.00 bits per heavy atom. The van der Waals surface area contributed by atoms with Gasteiger partial charge in [-0.3, -0.25) is 0 Å². The summed E-state index contributed by atoms with van der Waals surface area (Å²) in [6.07, 6.45) is 0. The summed E-state index contributed by atoms with van der Waals surface area (Å²) >= 11 is 0. The summed E-state index contributed by atoms with van der Waals surface area (Å²) in [5.74, 6) is 0.282. The molecule has 0 fully saturated rings. The quantitative estimate of drug-likeness (QED) is 0.734. The molecule has 0 unspecified atom stereocenters. The van der Waals surface area contributed by atoms with E-state index in [1.165, 1.54) is 0 Å². The number of hydrogen-bond acceptors (Lipinski definition) is 4. The van der Waals surface area contributed by atoms with E-state index in [2.05, 4.69) is 5.16 Å². The van der Waals surface area contributed by atoms with Gasteiger partial charge >= 0.3 is 0 Å². The topological polar surface area (TPSA) is 75.8 Å². The van der Waals surface area contributed by atoms with E-state index in [-0.39, 0.29) is 5.88 Å². The van der Waals surface area contributed by atoms with Crippen LogP contribution in [0.5, 0.6) is 0 Å². The van der Waals surface area contributed by atoms with E-state index < -0.39 is 0 Å². The number of rotatable bonds is 1. The van der Waals surface area contributed by atoms with Gasteiger partial charge in [-0.2, -0.15) is 5.26 Å². The fraction of sp³-hybridized carbons (Fsp3) is 0. The van der Waals surface area contributed by atoms with Gasteiger partial charge in [0, 0.05) is 11.6 Å². The fourth-order valence-electron chi connectivity index (χ4n) is 1.14. The molecule has 4 heteroatoms. The lowest BCUT2D eigenvalue weighted by Gasteiger charge is -1.93. The van der Waals surface area contributed by atoms with Gasteiger partial charge in [0.15, 0.2) is 0 Å². The molecule has 0 spiro atoms. The molecule has 0 aliphatic carbocycles. The average Bonchev–Trinajstić information content (AvgIpc) is 2.65. The molecule has 4 nitrogen and oxygen atoms in total. The van der Waals surface area contributed by atoms with Crippen LogP contribution in [-0.4, -0.2) is 5.16 Å². The molecule has 0 atom stereocenters. The standard InChI is InChI=1S/C10H7N3O/c11-6-7-1-3-8(4-2-7)9-5-10(12)14-13-9/h1-5H,12H2. The smallest absolute Gasteiger partial charge is 0.222 e. The molecular formula is C10H7N3O. The Kier molecular flexibility index (Phi) is 1.92. The average molecular weight is 185 g/mol. The fourth-order valence-corrected chi connectivity index (χ4v) is 1.14. The van der Waals surface area contributed by atoms with Gasteiger partial charge in [0.2, 0.25) is 5.88 Å². The third-order valence-corrected chi connectivity index (χ3v) is 1.84. The molecular weight excluding hydrogens is 178 g/mol. The van der Waals surface area contributed by atoms with Crippen molar-refractivity contribution in [3.63, 3.8) is 0 Å². The van der Waals surface area contributed by atoms with Gasteiger partial charge < -0.3 is 10.3 Å². The lowest BCUT2D eigenvalue weighted by atomic mass is 10.1. The van der Waals surface area contributed by atoms with Gasteiger partial charge in [0.1, 0.15) is 5.69 Å². The molecule has 68 valence electrons. The minimum absolute atomic E-state index is 0.282. The predicted octanol–water partition coefficient (Wildman–Crippen LogP) is 1.80. The van der Waals surface area contributed by atoms with Crippen LogP contribution in [0, 0.1) is 11.3 Å². The second kappa shape index (κ2) is 3.23. The zero-order chi connectivity index (χ0) is 9.97. The van der Waals surface area contributed by atoms with Crippen LogP contribution >= 0.6 is 0 Å². The molecule has 2 N–H and O–H groups in total. The van der Waals surface area contributed by atoms with Crippen LogP contribution in [0.1, 0.15) is 5.56 Å². The maximum Gasteiger partial charge on any atom is 0.222 e. The van der Waals surface area contributed by atoms with Gasteiger partial charge in [0.05, 0.1) is 11.6 Å². The Labute approximate surface area is 80.6 Å². The van der Waals surface area contributed by atoms with Crippen molar-refractivity contribution in [1.29, 1.82) is 5.26 Å². The minimum Gasteiger partial charge on any atom is -0.368 e. The first-order valence-corrected chi connectivity index (χ1v) is 4.02. The summed E-state index contributed by atoms with van der Waals surface area (Å²) in [4.78, 5) is 0. The highest BCUT2D eigenvalue weighted by molar-refractivity contribution is 5.61. The normalized spacial score (nSPS) is 9.64. The second-order valence-electron chi connectivity index (χ2n) is 2.80. The first-order valence-electron chi connectivity index (χ1n) is 4.02. The molecule has 2 rings (SSSR count). The molecule has 1 aromatic heterocycles. The highest BCUT2D eigenvalue weighted by atomic mass is 16.5. The van der Waals surface area contributed by atoms with Crippen molar-refractivity contribution in [1.82, 2.24) is 5.16 Å². The lowest BCUT2D eigenvalue weighted by molar-refractivity contribution is 0.439. The van der Waals surface area contributed by atoms with E-state index in [0.717, 1.165) is 5.56 Å². The van der Waals surface area contributed by atoms with Crippen LogP contribution in [-0.2, 0) is 0 Å². The van der Waals surface area contributed by atoms with Gasteiger partial charge in [0.25, 0.3) is 0 Å². The number of nitriles is 1. The van der Waals surface area contributed by atoms with Crippen LogP contribution in [0.2, 0.25) is 0 Å². The zero-order valence-electron chi connectivity index (χ0n) is 7.27. The Hall–Kier alpha value is -2.28. The van der Waals surface area contributed by atoms with Crippen LogP contribution in [0.3, 0.4) is 0 Å². The molecule has 0 saturated carbocycles. The first-order chi connectivity index (χ1) is 6.79. The summed E-state index contributed by atoms with van der Waals surface area (Å²) in [5.41, 5.74) is 7.56. The van der Waals surface area contributed by atoms with Gasteiger partial charge in [-0.15, -0.1) is 0 Å². The number of benzene rings is 1. The Balaban J connectivity index is 2.39. The van der Waals surface area contributed by atoms with Crippen LogP contribution < -0.4 is 5.73 Å². The van der Waals surface area contributed by atoms with E-state index in [1.807, 2.05) is 6.07 Å². The number of nitrogens with two attached hydrogens (primary N) is 1. The maximum atomic E-state index is 8.60. The van der Waals surface area contributed by atoms with Gasteiger partial charge in [-0.05, 0) is 12.1 Å². The highest BCUT2D eigenvalue weighted by Gasteiger charge is 2.03. The van der Waals surface area contributed by atoms with Crippen molar-refractivity contribution in [2.24, 2.45) is 0 Å². The van der Waals surface area contributed by atoms with Crippen molar-refractivity contribution in [3.05, 3.63) is 35.9 Å². The molecule has 0 aliphatic heterocycles. The van der Waals surface area contributed by atoms with Gasteiger partial charge in [-0.25, -0.2) is 0 Å². The third kappa shape index (κ3) is 1.43. The summed E-state index contributed by atoms with van der Waals surface area (Å²) in [7, 11) is 0. The molecule has 0 amide bonds. The molecule has 0 radical (unpaired) electrons. The molecule has 0 bridgehead atoms. The Morgan fingerprint density at radius 1 is 1.29 bits per heavy atom. The summed E-state index contributed by atoms with van der Waals surface area (Å²) in [5, 5.41) is 12.4. The van der Waals surface area contributed by atoms with Crippen LogP contribution in [0.25, 0.3) is 11.3 Å². The molecule has 1 aromatic carbocycles. The Morgan fingerprint density at radius 3 is 2.50 bits per heavy atom.